The molecule has 2 heterocycles. The van der Waals surface area contributed by atoms with Gasteiger partial charge in [-0.2, -0.15) is 0 Å². The van der Waals surface area contributed by atoms with E-state index in [2.05, 4.69) is 25.8 Å². The Morgan fingerprint density at radius 3 is 2.74 bits per heavy atom. The lowest BCUT2D eigenvalue weighted by Crippen LogP contribution is -2.63. The van der Waals surface area contributed by atoms with Gasteiger partial charge >= 0.3 is 5.63 Å². The number of nitrogens with zero attached hydrogens (tertiary/aromatic N) is 3. The number of anilines is 2. The van der Waals surface area contributed by atoms with Crippen molar-refractivity contribution in [3.63, 3.8) is 0 Å². The van der Waals surface area contributed by atoms with Gasteiger partial charge in [-0.1, -0.05) is 25.2 Å². The number of nitrogens with two attached hydrogens (primary N) is 1. The van der Waals surface area contributed by atoms with E-state index in [1.54, 1.807) is 20.1 Å². The van der Waals surface area contributed by atoms with Crippen LogP contribution in [0.5, 0.6) is 5.75 Å². The summed E-state index contributed by atoms with van der Waals surface area (Å²) in [6.45, 7) is 6.42. The lowest BCUT2D eigenvalue weighted by molar-refractivity contribution is 0.00164. The van der Waals surface area contributed by atoms with E-state index < -0.39 is 11.5 Å². The van der Waals surface area contributed by atoms with Gasteiger partial charge in [0.15, 0.2) is 5.76 Å². The van der Waals surface area contributed by atoms with Gasteiger partial charge in [-0.05, 0) is 44.4 Å². The summed E-state index contributed by atoms with van der Waals surface area (Å²) >= 11 is 1.08. The summed E-state index contributed by atoms with van der Waals surface area (Å²) in [6, 6.07) is 1.51. The fourth-order valence-electron chi connectivity index (χ4n) is 4.24. The smallest absolute Gasteiger partial charge is 0.381 e. The lowest BCUT2D eigenvalue weighted by atomic mass is 9.50. The first-order chi connectivity index (χ1) is 16.6. The molecule has 1 amide bonds. The maximum atomic E-state index is 12.9. The van der Waals surface area contributed by atoms with E-state index in [4.69, 9.17) is 19.6 Å². The number of nitrogens with one attached hydrogen (secondary N) is 2. The third kappa shape index (κ3) is 5.70. The molecule has 3 aliphatic carbocycles. The number of allylic oxidation sites excluding steroid dienone is 1. The van der Waals surface area contributed by atoms with Crippen molar-refractivity contribution in [2.75, 3.05) is 31.0 Å². The predicted molar refractivity (Wildman–Crippen MR) is 134 cm³/mol. The van der Waals surface area contributed by atoms with Crippen LogP contribution in [0.3, 0.4) is 0 Å². The largest absolute Gasteiger partial charge is 0.484 e. The molecule has 4 N–H and O–H groups in total. The van der Waals surface area contributed by atoms with Crippen LogP contribution in [-0.4, -0.2) is 47.7 Å². The average molecular weight is 503 g/mol. The van der Waals surface area contributed by atoms with Crippen LogP contribution in [0.1, 0.15) is 50.6 Å². The Labute approximate surface area is 206 Å². The highest BCUT2D eigenvalue weighted by molar-refractivity contribution is 7.18. The van der Waals surface area contributed by atoms with Crippen LogP contribution in [0.4, 0.5) is 16.0 Å². The third-order valence-electron chi connectivity index (χ3n) is 5.96. The Morgan fingerprint density at radius 1 is 1.37 bits per heavy atom. The molecule has 0 aromatic carbocycles. The summed E-state index contributed by atoms with van der Waals surface area (Å²) in [7, 11) is 1.62. The minimum absolute atomic E-state index is 0.0473. The highest BCUT2D eigenvalue weighted by Gasteiger charge is 2.57. The molecule has 3 fully saturated rings. The van der Waals surface area contributed by atoms with E-state index in [0.717, 1.165) is 36.5 Å². The Bertz CT molecular complexity index is 1200. The molecule has 35 heavy (non-hydrogen) atoms. The van der Waals surface area contributed by atoms with Crippen LogP contribution in [0.15, 0.2) is 32.5 Å². The van der Waals surface area contributed by atoms with E-state index >= 15 is 0 Å². The number of aliphatic imine (C=N–C) groups is 1. The fraction of sp³-hybridized carbons (Fsp3) is 0.522. The van der Waals surface area contributed by atoms with E-state index in [0.29, 0.717) is 23.1 Å². The Balaban J connectivity index is 1.54. The first-order valence-electron chi connectivity index (χ1n) is 11.3. The van der Waals surface area contributed by atoms with Gasteiger partial charge in [-0.15, -0.1) is 10.2 Å². The number of amides is 1. The zero-order chi connectivity index (χ0) is 25.2. The van der Waals surface area contributed by atoms with Crippen LogP contribution >= 0.6 is 11.3 Å². The lowest BCUT2D eigenvalue weighted by Gasteiger charge is -2.62. The van der Waals surface area contributed by atoms with Crippen molar-refractivity contribution in [2.24, 2.45) is 22.1 Å². The van der Waals surface area contributed by atoms with Gasteiger partial charge in [0.2, 0.25) is 16.0 Å². The zero-order valence-electron chi connectivity index (χ0n) is 20.2. The maximum Gasteiger partial charge on any atom is 0.381 e. The zero-order valence-corrected chi connectivity index (χ0v) is 21.0. The molecule has 3 saturated carbocycles. The number of carbonyl (C=O) groups excluding carboxylic acids is 1. The van der Waals surface area contributed by atoms with E-state index in [1.165, 1.54) is 12.3 Å². The molecule has 0 aliphatic heterocycles. The number of rotatable bonds is 11. The first kappa shape index (κ1) is 24.9. The Morgan fingerprint density at radius 2 is 2.11 bits per heavy atom. The highest BCUT2D eigenvalue weighted by Crippen LogP contribution is 2.59. The third-order valence-corrected chi connectivity index (χ3v) is 6.69. The molecule has 12 heteroatoms. The van der Waals surface area contributed by atoms with Crippen LogP contribution < -0.4 is 26.7 Å². The molecule has 0 unspecified atom stereocenters. The van der Waals surface area contributed by atoms with Crippen molar-refractivity contribution >= 4 is 38.9 Å². The van der Waals surface area contributed by atoms with Gasteiger partial charge in [-0.3, -0.25) is 10.1 Å². The van der Waals surface area contributed by atoms with Crippen LogP contribution in [0.2, 0.25) is 0 Å². The standard InChI is InChI=1S/C23H30N6O5S/c1-13(5-6-24)25-20-28-29-21(35-20)26-18(30)16-7-15(27-23-8-14(9-23)10-23)17(19(31)34-16)33-12-22(2,3)11-32-4/h5-7,14,27H,8-12,24H2,1-4H3,(H,26,29,30). The maximum absolute atomic E-state index is 12.9. The molecular weight excluding hydrogens is 472 g/mol. The summed E-state index contributed by atoms with van der Waals surface area (Å²) < 4.78 is 16.5. The minimum atomic E-state index is -0.730. The Kier molecular flexibility index (Phi) is 6.95. The van der Waals surface area contributed by atoms with Gasteiger partial charge in [0.1, 0.15) is 0 Å². The van der Waals surface area contributed by atoms with Gasteiger partial charge < -0.3 is 24.9 Å². The second-order valence-corrected chi connectivity index (χ2v) is 10.8. The summed E-state index contributed by atoms with van der Waals surface area (Å²) in [6.07, 6.45) is 6.10. The molecule has 0 atom stereocenters. The summed E-state index contributed by atoms with van der Waals surface area (Å²) in [4.78, 5) is 30.0. The van der Waals surface area contributed by atoms with Crippen molar-refractivity contribution in [2.45, 2.75) is 45.6 Å². The van der Waals surface area contributed by atoms with E-state index in [-0.39, 0.29) is 34.2 Å². The van der Waals surface area contributed by atoms with Crippen LogP contribution in [0, 0.1) is 11.3 Å². The summed E-state index contributed by atoms with van der Waals surface area (Å²) in [5, 5.41) is 14.5. The highest BCUT2D eigenvalue weighted by atomic mass is 32.1. The summed E-state index contributed by atoms with van der Waals surface area (Å²) in [5.74, 6) is 0.00872. The molecule has 3 aliphatic rings. The number of carbonyl (C=O) groups is 1. The minimum Gasteiger partial charge on any atom is -0.484 e. The number of hydrogen-bond donors (Lipinski definition) is 3. The van der Waals surface area contributed by atoms with Crippen molar-refractivity contribution in [3.05, 3.63) is 34.5 Å². The molecule has 5 rings (SSSR count). The molecule has 188 valence electrons. The second kappa shape index (κ2) is 9.78. The topological polar surface area (TPSA) is 154 Å². The van der Waals surface area contributed by atoms with Crippen molar-refractivity contribution in [1.82, 2.24) is 10.2 Å². The van der Waals surface area contributed by atoms with Crippen molar-refractivity contribution in [1.29, 1.82) is 0 Å². The molecule has 2 aromatic rings. The van der Waals surface area contributed by atoms with Gasteiger partial charge in [0.25, 0.3) is 5.91 Å². The van der Waals surface area contributed by atoms with Crippen LogP contribution in [-0.2, 0) is 4.74 Å². The second-order valence-electron chi connectivity index (χ2n) is 9.87. The summed E-state index contributed by atoms with van der Waals surface area (Å²) in [5.41, 5.74) is 5.35. The molecule has 11 nitrogen and oxygen atoms in total. The molecule has 0 radical (unpaired) electrons. The van der Waals surface area contributed by atoms with Gasteiger partial charge in [0, 0.05) is 29.8 Å². The number of ether oxygens (including phenoxy) is 2. The van der Waals surface area contributed by atoms with Crippen LogP contribution in [0.25, 0.3) is 0 Å². The normalized spacial score (nSPS) is 21.4. The van der Waals surface area contributed by atoms with Crippen molar-refractivity contribution in [3.8, 4) is 5.75 Å². The average Bonchev–Trinajstić information content (AvgIpc) is 3.15. The molecule has 2 aromatic heterocycles. The first-order valence-corrected chi connectivity index (χ1v) is 12.1. The molecule has 0 saturated heterocycles. The molecular formula is C23H30N6O5S. The Hall–Kier alpha value is -3.25. The number of methoxy groups -OCH3 is 1. The predicted octanol–water partition coefficient (Wildman–Crippen LogP) is 3.32. The molecule has 2 bridgehead atoms. The van der Waals surface area contributed by atoms with E-state index in [1.807, 2.05) is 13.8 Å². The van der Waals surface area contributed by atoms with Gasteiger partial charge in [-0.25, -0.2) is 9.79 Å². The fourth-order valence-corrected chi connectivity index (χ4v) is 4.91. The van der Waals surface area contributed by atoms with Gasteiger partial charge in [0.05, 0.1) is 18.9 Å². The van der Waals surface area contributed by atoms with Crippen molar-refractivity contribution < 1.29 is 18.7 Å². The number of hydrogen-bond acceptors (Lipinski definition) is 11. The monoisotopic (exact) mass is 502 g/mol. The molecule has 0 spiro atoms. The van der Waals surface area contributed by atoms with E-state index in [9.17, 15) is 9.59 Å². The quantitative estimate of drug-likeness (QED) is 0.393. The number of aromatic nitrogens is 2. The SMILES string of the molecule is COCC(C)(C)COc1c(NC23CC(C2)C3)cc(C(=O)Nc2nnc(N=C(C)C=CN)s2)oc1=O.